The quantitative estimate of drug-likeness (QED) is 0.439. The summed E-state index contributed by atoms with van der Waals surface area (Å²) in [5.74, 6) is -0.458. The normalized spacial score (nSPS) is 15.0. The second-order valence-corrected chi connectivity index (χ2v) is 8.72. The zero-order valence-corrected chi connectivity index (χ0v) is 18.3. The van der Waals surface area contributed by atoms with Gasteiger partial charge in [-0.1, -0.05) is 23.2 Å². The Bertz CT molecular complexity index is 987. The Labute approximate surface area is 187 Å². The first-order chi connectivity index (χ1) is 14.3. The van der Waals surface area contributed by atoms with Crippen molar-refractivity contribution >= 4 is 58.4 Å². The Hall–Kier alpha value is -2.42. The van der Waals surface area contributed by atoms with Gasteiger partial charge in [0.25, 0.3) is 5.91 Å². The molecule has 0 aromatic heterocycles. The number of thioether (sulfide) groups is 1. The van der Waals surface area contributed by atoms with E-state index >= 15 is 0 Å². The molecule has 0 saturated carbocycles. The van der Waals surface area contributed by atoms with E-state index < -0.39 is 5.91 Å². The van der Waals surface area contributed by atoms with Crippen LogP contribution in [0.1, 0.15) is 30.1 Å². The van der Waals surface area contributed by atoms with Crippen molar-refractivity contribution in [2.75, 3.05) is 11.9 Å². The summed E-state index contributed by atoms with van der Waals surface area (Å²) in [6.45, 7) is 2.09. The average Bonchev–Trinajstić information content (AvgIpc) is 2.71. The van der Waals surface area contributed by atoms with Gasteiger partial charge in [-0.05, 0) is 49.7 Å². The molecule has 3 amide bonds. The van der Waals surface area contributed by atoms with Gasteiger partial charge in [0.2, 0.25) is 11.8 Å². The molecule has 1 unspecified atom stereocenters. The van der Waals surface area contributed by atoms with Crippen LogP contribution in [-0.2, 0) is 9.59 Å². The molecule has 10 heteroatoms. The maximum absolute atomic E-state index is 12.3. The SMILES string of the molecule is CC1Sc2ccc(C(=O)NNC(=O)CCCOc3ccc(Cl)cc3Cl)cc2NC1=O. The molecule has 0 fully saturated rings. The number of hydrazine groups is 1. The number of fused-ring (bicyclic) bond motifs is 1. The van der Waals surface area contributed by atoms with Crippen LogP contribution in [0.2, 0.25) is 10.0 Å². The number of ether oxygens (including phenoxy) is 1. The lowest BCUT2D eigenvalue weighted by molar-refractivity contribution is -0.122. The van der Waals surface area contributed by atoms with E-state index in [1.165, 1.54) is 11.8 Å². The van der Waals surface area contributed by atoms with E-state index in [1.54, 1.807) is 36.4 Å². The summed E-state index contributed by atoms with van der Waals surface area (Å²) in [5.41, 5.74) is 5.64. The lowest BCUT2D eigenvalue weighted by Gasteiger charge is -2.21. The highest BCUT2D eigenvalue weighted by Crippen LogP contribution is 2.35. The number of rotatable bonds is 6. The van der Waals surface area contributed by atoms with Gasteiger partial charge in [-0.15, -0.1) is 11.8 Å². The van der Waals surface area contributed by atoms with Crippen molar-refractivity contribution in [2.24, 2.45) is 0 Å². The maximum atomic E-state index is 12.3. The summed E-state index contributed by atoms with van der Waals surface area (Å²) in [6.07, 6.45) is 0.585. The Morgan fingerprint density at radius 1 is 1.17 bits per heavy atom. The van der Waals surface area contributed by atoms with Gasteiger partial charge in [0.1, 0.15) is 5.75 Å². The van der Waals surface area contributed by atoms with Crippen LogP contribution < -0.4 is 20.9 Å². The zero-order valence-electron chi connectivity index (χ0n) is 16.0. The molecule has 2 aromatic carbocycles. The molecule has 30 heavy (non-hydrogen) atoms. The van der Waals surface area contributed by atoms with Gasteiger partial charge in [-0.3, -0.25) is 25.2 Å². The van der Waals surface area contributed by atoms with E-state index in [0.717, 1.165) is 4.90 Å². The monoisotopic (exact) mass is 467 g/mol. The third-order valence-corrected chi connectivity index (χ3v) is 5.90. The van der Waals surface area contributed by atoms with Crippen LogP contribution in [0, 0.1) is 0 Å². The predicted molar refractivity (Wildman–Crippen MR) is 117 cm³/mol. The molecule has 0 radical (unpaired) electrons. The number of nitrogens with one attached hydrogen (secondary N) is 3. The minimum absolute atomic E-state index is 0.111. The number of hydrogen-bond donors (Lipinski definition) is 3. The second-order valence-electron chi connectivity index (χ2n) is 6.49. The van der Waals surface area contributed by atoms with Crippen LogP contribution in [0.15, 0.2) is 41.3 Å². The molecule has 1 aliphatic rings. The Kier molecular flexibility index (Phi) is 7.47. The first-order valence-corrected chi connectivity index (χ1v) is 10.8. The van der Waals surface area contributed by atoms with Gasteiger partial charge < -0.3 is 10.1 Å². The van der Waals surface area contributed by atoms with Crippen molar-refractivity contribution in [3.63, 3.8) is 0 Å². The number of halogens is 2. The zero-order chi connectivity index (χ0) is 21.7. The molecule has 1 aliphatic heterocycles. The van der Waals surface area contributed by atoms with E-state index in [9.17, 15) is 14.4 Å². The number of carbonyl (C=O) groups excluding carboxylic acids is 3. The number of amides is 3. The van der Waals surface area contributed by atoms with E-state index in [2.05, 4.69) is 16.2 Å². The van der Waals surface area contributed by atoms with Gasteiger partial charge >= 0.3 is 0 Å². The summed E-state index contributed by atoms with van der Waals surface area (Å²) in [6, 6.07) is 9.89. The lowest BCUT2D eigenvalue weighted by Crippen LogP contribution is -2.41. The number of hydrogen-bond acceptors (Lipinski definition) is 5. The van der Waals surface area contributed by atoms with Gasteiger partial charge in [-0.25, -0.2) is 0 Å². The summed E-state index contributed by atoms with van der Waals surface area (Å²) in [5, 5.41) is 3.49. The molecule has 2 aromatic rings. The summed E-state index contributed by atoms with van der Waals surface area (Å²) >= 11 is 13.3. The highest BCUT2D eigenvalue weighted by atomic mass is 35.5. The molecule has 3 rings (SSSR count). The van der Waals surface area contributed by atoms with Crippen LogP contribution in [0.3, 0.4) is 0 Å². The minimum atomic E-state index is -0.479. The van der Waals surface area contributed by atoms with E-state index in [0.29, 0.717) is 33.5 Å². The van der Waals surface area contributed by atoms with Crippen molar-refractivity contribution in [1.29, 1.82) is 0 Å². The maximum Gasteiger partial charge on any atom is 0.269 e. The molecule has 0 aliphatic carbocycles. The van der Waals surface area contributed by atoms with Crippen LogP contribution in [0.5, 0.6) is 5.75 Å². The molecule has 1 heterocycles. The van der Waals surface area contributed by atoms with Gasteiger partial charge in [-0.2, -0.15) is 0 Å². The first-order valence-electron chi connectivity index (χ1n) is 9.12. The average molecular weight is 468 g/mol. The fourth-order valence-corrected chi connectivity index (χ4v) is 4.01. The van der Waals surface area contributed by atoms with Gasteiger partial charge in [0.05, 0.1) is 22.6 Å². The number of benzene rings is 2. The van der Waals surface area contributed by atoms with E-state index in [-0.39, 0.29) is 30.1 Å². The van der Waals surface area contributed by atoms with Gasteiger partial charge in [0, 0.05) is 21.9 Å². The van der Waals surface area contributed by atoms with Crippen LogP contribution >= 0.6 is 35.0 Å². The molecule has 158 valence electrons. The topological polar surface area (TPSA) is 96.5 Å². The Balaban J connectivity index is 1.42. The van der Waals surface area contributed by atoms with Crippen molar-refractivity contribution in [3.8, 4) is 5.75 Å². The molecule has 0 saturated heterocycles. The van der Waals surface area contributed by atoms with Crippen molar-refractivity contribution in [1.82, 2.24) is 10.9 Å². The van der Waals surface area contributed by atoms with Crippen LogP contribution in [-0.4, -0.2) is 29.6 Å². The molecule has 0 bridgehead atoms. The van der Waals surface area contributed by atoms with Gasteiger partial charge in [0.15, 0.2) is 0 Å². The minimum Gasteiger partial charge on any atom is -0.492 e. The summed E-state index contributed by atoms with van der Waals surface area (Å²) < 4.78 is 5.51. The molecule has 0 spiro atoms. The highest BCUT2D eigenvalue weighted by Gasteiger charge is 2.23. The second kappa shape index (κ2) is 10.1. The van der Waals surface area contributed by atoms with E-state index in [4.69, 9.17) is 27.9 Å². The fraction of sp³-hybridized carbons (Fsp3) is 0.250. The third-order valence-electron chi connectivity index (χ3n) is 4.19. The fourth-order valence-electron chi connectivity index (χ4n) is 2.62. The number of carbonyl (C=O) groups is 3. The highest BCUT2D eigenvalue weighted by molar-refractivity contribution is 8.00. The molecule has 1 atom stereocenters. The molecular formula is C20H19Cl2N3O4S. The molecule has 3 N–H and O–H groups in total. The summed E-state index contributed by atoms with van der Waals surface area (Å²) in [7, 11) is 0. The smallest absolute Gasteiger partial charge is 0.269 e. The Morgan fingerprint density at radius 3 is 2.73 bits per heavy atom. The van der Waals surface area contributed by atoms with Crippen LogP contribution in [0.4, 0.5) is 5.69 Å². The first kappa shape index (κ1) is 22.3. The molecular weight excluding hydrogens is 449 g/mol. The Morgan fingerprint density at radius 2 is 1.97 bits per heavy atom. The van der Waals surface area contributed by atoms with Crippen molar-refractivity contribution in [2.45, 2.75) is 29.9 Å². The largest absolute Gasteiger partial charge is 0.492 e. The third kappa shape index (κ3) is 5.81. The van der Waals surface area contributed by atoms with Crippen molar-refractivity contribution < 1.29 is 19.1 Å². The van der Waals surface area contributed by atoms with Crippen LogP contribution in [0.25, 0.3) is 0 Å². The lowest BCUT2D eigenvalue weighted by atomic mass is 10.2. The molecule has 7 nitrogen and oxygen atoms in total. The summed E-state index contributed by atoms with van der Waals surface area (Å²) in [4.78, 5) is 36.9. The predicted octanol–water partition coefficient (Wildman–Crippen LogP) is 4.05. The number of anilines is 1. The standard InChI is InChI=1S/C20H19Cl2N3O4S/c1-11-19(27)23-15-9-12(4-7-17(15)30-11)20(28)25-24-18(26)3-2-8-29-16-6-5-13(21)10-14(16)22/h4-7,9-11H,2-3,8H2,1H3,(H,23,27)(H,24,26)(H,25,28). The van der Waals surface area contributed by atoms with Crippen molar-refractivity contribution in [3.05, 3.63) is 52.0 Å². The van der Waals surface area contributed by atoms with E-state index in [1.807, 2.05) is 6.92 Å².